The molecule has 0 spiro atoms. The summed E-state index contributed by atoms with van der Waals surface area (Å²) in [7, 11) is 0. The van der Waals surface area contributed by atoms with Gasteiger partial charge in [-0.25, -0.2) is 0 Å². The van der Waals surface area contributed by atoms with E-state index < -0.39 is 0 Å². The molecule has 0 saturated heterocycles. The normalized spacial score (nSPS) is 9.92. The summed E-state index contributed by atoms with van der Waals surface area (Å²) in [4.78, 5) is 11.5. The van der Waals surface area contributed by atoms with E-state index in [2.05, 4.69) is 17.1 Å². The first kappa shape index (κ1) is 9.84. The molecule has 0 fully saturated rings. The first-order valence-electron chi connectivity index (χ1n) is 4.64. The third-order valence-electron chi connectivity index (χ3n) is 1.91. The molecule has 1 aromatic heterocycles. The van der Waals surface area contributed by atoms with Crippen LogP contribution in [-0.2, 0) is 0 Å². The second-order valence-electron chi connectivity index (χ2n) is 3.01. The second-order valence-corrected chi connectivity index (χ2v) is 3.01. The van der Waals surface area contributed by atoms with Gasteiger partial charge < -0.3 is 0 Å². The molecule has 0 aliphatic rings. The minimum Gasteiger partial charge on any atom is -0.294 e. The lowest BCUT2D eigenvalue weighted by atomic mass is 10.1. The minimum absolute atomic E-state index is 0.170. The summed E-state index contributed by atoms with van der Waals surface area (Å²) in [5.74, 6) is 0.170. The highest BCUT2D eigenvalue weighted by molar-refractivity contribution is 5.95. The third-order valence-corrected chi connectivity index (χ3v) is 1.91. The number of carbonyl (C=O) groups is 1. The summed E-state index contributed by atoms with van der Waals surface area (Å²) in [6.07, 6.45) is 6.92. The molecule has 13 heavy (non-hydrogen) atoms. The Labute approximate surface area is 78.2 Å². The Hall–Kier alpha value is -1.25. The lowest BCUT2D eigenvalue weighted by molar-refractivity contribution is 0.0979. The molecule has 0 unspecified atom stereocenters. The van der Waals surface area contributed by atoms with Crippen molar-refractivity contribution in [3.63, 3.8) is 0 Å². The summed E-state index contributed by atoms with van der Waals surface area (Å²) in [6.45, 7) is 2.12. The van der Waals surface area contributed by atoms with Crippen molar-refractivity contribution in [1.29, 1.82) is 0 Å². The van der Waals surface area contributed by atoms with Crippen LogP contribution in [0, 0.1) is 0 Å². The highest BCUT2D eigenvalue weighted by Gasteiger charge is 2.04. The summed E-state index contributed by atoms with van der Waals surface area (Å²) in [5, 5.41) is 7.29. The summed E-state index contributed by atoms with van der Waals surface area (Å²) in [6, 6.07) is 1.71. The monoisotopic (exact) mass is 178 g/mol. The number of Topliss-reactive ketones (excluding diaryl/α,β-unsaturated/α-hetero) is 1. The van der Waals surface area contributed by atoms with Gasteiger partial charge in [-0.2, -0.15) is 10.2 Å². The lowest BCUT2D eigenvalue weighted by Crippen LogP contribution is -1.99. The van der Waals surface area contributed by atoms with Crippen LogP contribution in [0.15, 0.2) is 18.5 Å². The maximum absolute atomic E-state index is 11.5. The molecule has 0 N–H and O–H groups in total. The number of rotatable bonds is 5. The third kappa shape index (κ3) is 3.32. The topological polar surface area (TPSA) is 42.9 Å². The zero-order valence-corrected chi connectivity index (χ0v) is 7.86. The zero-order chi connectivity index (χ0) is 9.52. The van der Waals surface area contributed by atoms with Crippen molar-refractivity contribution >= 4 is 5.78 Å². The Morgan fingerprint density at radius 2 is 2.23 bits per heavy atom. The van der Waals surface area contributed by atoms with Gasteiger partial charge in [0.2, 0.25) is 0 Å². The van der Waals surface area contributed by atoms with Crippen LogP contribution in [0.1, 0.15) is 43.0 Å². The molecule has 0 radical (unpaired) electrons. The van der Waals surface area contributed by atoms with Gasteiger partial charge in [-0.05, 0) is 12.5 Å². The zero-order valence-electron chi connectivity index (χ0n) is 7.86. The summed E-state index contributed by atoms with van der Waals surface area (Å²) >= 11 is 0. The lowest BCUT2D eigenvalue weighted by Gasteiger charge is -1.98. The summed E-state index contributed by atoms with van der Waals surface area (Å²) in [5.41, 5.74) is 0.672. The fraction of sp³-hybridized carbons (Fsp3) is 0.500. The molecule has 0 aromatic carbocycles. The highest BCUT2D eigenvalue weighted by Crippen LogP contribution is 2.05. The van der Waals surface area contributed by atoms with E-state index in [-0.39, 0.29) is 5.78 Å². The number of carbonyl (C=O) groups excluding carboxylic acids is 1. The van der Waals surface area contributed by atoms with Crippen LogP contribution in [0.4, 0.5) is 0 Å². The Morgan fingerprint density at radius 3 is 2.85 bits per heavy atom. The van der Waals surface area contributed by atoms with Gasteiger partial charge in [0.1, 0.15) is 0 Å². The minimum atomic E-state index is 0.170. The van der Waals surface area contributed by atoms with Crippen LogP contribution in [0.25, 0.3) is 0 Å². The second kappa shape index (κ2) is 5.41. The highest BCUT2D eigenvalue weighted by atomic mass is 16.1. The molecule has 70 valence electrons. The number of hydrogen-bond acceptors (Lipinski definition) is 3. The Kier molecular flexibility index (Phi) is 4.09. The van der Waals surface area contributed by atoms with E-state index in [0.717, 1.165) is 19.3 Å². The molecule has 0 bridgehead atoms. The largest absolute Gasteiger partial charge is 0.294 e. The van der Waals surface area contributed by atoms with E-state index in [1.165, 1.54) is 6.20 Å². The number of nitrogens with zero attached hydrogens (tertiary/aromatic N) is 2. The Balaban J connectivity index is 2.40. The predicted molar refractivity (Wildman–Crippen MR) is 50.5 cm³/mol. The molecule has 0 amide bonds. The van der Waals surface area contributed by atoms with E-state index in [1.54, 1.807) is 12.3 Å². The van der Waals surface area contributed by atoms with E-state index >= 15 is 0 Å². The predicted octanol–water partition coefficient (Wildman–Crippen LogP) is 2.24. The average Bonchev–Trinajstić information content (AvgIpc) is 2.19. The standard InChI is InChI=1S/C10H14N2O/c1-2-3-4-5-10(13)9-6-7-11-12-8-9/h6-8H,2-5H2,1H3. The van der Waals surface area contributed by atoms with Gasteiger partial charge in [0.05, 0.1) is 12.4 Å². The number of ketones is 1. The molecule has 1 rings (SSSR count). The van der Waals surface area contributed by atoms with Gasteiger partial charge in [-0.1, -0.05) is 19.8 Å². The maximum Gasteiger partial charge on any atom is 0.164 e. The smallest absolute Gasteiger partial charge is 0.164 e. The van der Waals surface area contributed by atoms with Gasteiger partial charge in [-0.15, -0.1) is 0 Å². The van der Waals surface area contributed by atoms with Gasteiger partial charge in [0.25, 0.3) is 0 Å². The molecular formula is C10H14N2O. The quantitative estimate of drug-likeness (QED) is 0.513. The summed E-state index contributed by atoms with van der Waals surface area (Å²) < 4.78 is 0. The Bertz CT molecular complexity index is 259. The van der Waals surface area contributed by atoms with Crippen molar-refractivity contribution in [2.45, 2.75) is 32.6 Å². The van der Waals surface area contributed by atoms with E-state index in [9.17, 15) is 4.79 Å². The van der Waals surface area contributed by atoms with Crippen LogP contribution in [0.3, 0.4) is 0 Å². The van der Waals surface area contributed by atoms with E-state index in [4.69, 9.17) is 0 Å². The van der Waals surface area contributed by atoms with Crippen LogP contribution in [0.2, 0.25) is 0 Å². The maximum atomic E-state index is 11.5. The van der Waals surface area contributed by atoms with Crippen LogP contribution in [0.5, 0.6) is 0 Å². The van der Waals surface area contributed by atoms with Crippen LogP contribution >= 0.6 is 0 Å². The molecule has 0 aliphatic heterocycles. The van der Waals surface area contributed by atoms with Crippen molar-refractivity contribution in [3.8, 4) is 0 Å². The molecule has 0 aliphatic carbocycles. The van der Waals surface area contributed by atoms with Crippen molar-refractivity contribution < 1.29 is 4.79 Å². The van der Waals surface area contributed by atoms with Crippen molar-refractivity contribution in [2.24, 2.45) is 0 Å². The first-order chi connectivity index (χ1) is 6.34. The van der Waals surface area contributed by atoms with Gasteiger partial charge in [-0.3, -0.25) is 4.79 Å². The Morgan fingerprint density at radius 1 is 1.38 bits per heavy atom. The molecule has 0 saturated carbocycles. The molecule has 1 heterocycles. The van der Waals surface area contributed by atoms with Gasteiger partial charge in [0.15, 0.2) is 5.78 Å². The molecule has 0 atom stereocenters. The van der Waals surface area contributed by atoms with E-state index in [0.29, 0.717) is 12.0 Å². The van der Waals surface area contributed by atoms with E-state index in [1.807, 2.05) is 0 Å². The number of unbranched alkanes of at least 4 members (excludes halogenated alkanes) is 2. The van der Waals surface area contributed by atoms with Gasteiger partial charge >= 0.3 is 0 Å². The SMILES string of the molecule is CCCCCC(=O)c1ccnnc1. The fourth-order valence-electron chi connectivity index (χ4n) is 1.14. The average molecular weight is 178 g/mol. The van der Waals surface area contributed by atoms with Gasteiger partial charge in [0, 0.05) is 12.0 Å². The van der Waals surface area contributed by atoms with Crippen LogP contribution in [-0.4, -0.2) is 16.0 Å². The molecule has 3 heteroatoms. The molecule has 1 aromatic rings. The molecule has 3 nitrogen and oxygen atoms in total. The number of aromatic nitrogens is 2. The van der Waals surface area contributed by atoms with Crippen molar-refractivity contribution in [3.05, 3.63) is 24.0 Å². The fourth-order valence-corrected chi connectivity index (χ4v) is 1.14. The van der Waals surface area contributed by atoms with Crippen LogP contribution < -0.4 is 0 Å². The first-order valence-corrected chi connectivity index (χ1v) is 4.64. The van der Waals surface area contributed by atoms with Crippen molar-refractivity contribution in [1.82, 2.24) is 10.2 Å². The van der Waals surface area contributed by atoms with Crippen molar-refractivity contribution in [2.75, 3.05) is 0 Å². The molecular weight excluding hydrogens is 164 g/mol. The number of hydrogen-bond donors (Lipinski definition) is 0.